The number of rotatable bonds is 6. The number of carboxylic acid groups (broad SMARTS) is 1. The largest absolute Gasteiger partial charge is 0.478 e. The van der Waals surface area contributed by atoms with Crippen LogP contribution in [0.3, 0.4) is 0 Å². The van der Waals surface area contributed by atoms with Crippen molar-refractivity contribution in [3.8, 4) is 0 Å². The van der Waals surface area contributed by atoms with Crippen molar-refractivity contribution in [2.75, 3.05) is 29.5 Å². The number of carbonyl (C=O) groups is 1. The Balaban J connectivity index is 2.31. The second kappa shape index (κ2) is 5.28. The first-order valence-electron chi connectivity index (χ1n) is 6.20. The molecule has 1 aliphatic rings. The van der Waals surface area contributed by atoms with Crippen molar-refractivity contribution in [1.29, 1.82) is 0 Å². The maximum absolute atomic E-state index is 11.5. The fourth-order valence-corrected chi connectivity index (χ4v) is 2.07. The summed E-state index contributed by atoms with van der Waals surface area (Å²) in [5, 5.41) is 12.1. The topological polar surface area (TPSA) is 99.6 Å². The van der Waals surface area contributed by atoms with Gasteiger partial charge in [-0.1, -0.05) is 0 Å². The molecule has 110 valence electrons. The van der Waals surface area contributed by atoms with E-state index in [1.807, 2.05) is 0 Å². The summed E-state index contributed by atoms with van der Waals surface area (Å²) in [6.07, 6.45) is 3.35. The van der Waals surface area contributed by atoms with E-state index in [1.165, 1.54) is 19.2 Å². The Morgan fingerprint density at radius 3 is 2.65 bits per heavy atom. The number of hydrogen-bond donors (Lipinski definition) is 2. The van der Waals surface area contributed by atoms with Gasteiger partial charge in [-0.05, 0) is 30.9 Å². The Morgan fingerprint density at radius 2 is 2.15 bits per heavy atom. The van der Waals surface area contributed by atoms with Gasteiger partial charge in [0.05, 0.1) is 11.8 Å². The number of anilines is 2. The average molecular weight is 299 g/mol. The van der Waals surface area contributed by atoms with Crippen LogP contribution in [0.15, 0.2) is 12.1 Å². The maximum Gasteiger partial charge on any atom is 0.335 e. The molecule has 1 fully saturated rings. The van der Waals surface area contributed by atoms with Gasteiger partial charge in [-0.25, -0.2) is 18.2 Å². The van der Waals surface area contributed by atoms with Crippen molar-refractivity contribution < 1.29 is 18.3 Å². The molecule has 0 atom stereocenters. The van der Waals surface area contributed by atoms with E-state index in [-0.39, 0.29) is 11.4 Å². The third-order valence-corrected chi connectivity index (χ3v) is 4.33. The predicted octanol–water partition coefficient (Wildman–Crippen LogP) is 0.997. The number of hydrogen-bond acceptors (Lipinski definition) is 5. The molecule has 0 unspecified atom stereocenters. The summed E-state index contributed by atoms with van der Waals surface area (Å²) < 4.78 is 24.0. The van der Waals surface area contributed by atoms with Crippen molar-refractivity contribution in [3.05, 3.63) is 17.7 Å². The fraction of sp³-hybridized carbons (Fsp3) is 0.500. The van der Waals surface area contributed by atoms with Gasteiger partial charge in [-0.3, -0.25) is 4.31 Å². The highest BCUT2D eigenvalue weighted by molar-refractivity contribution is 7.92. The number of aromatic carboxylic acids is 1. The summed E-state index contributed by atoms with van der Waals surface area (Å²) in [6.45, 7) is 0.720. The Labute approximate surface area is 117 Å². The van der Waals surface area contributed by atoms with E-state index in [9.17, 15) is 13.2 Å². The molecule has 7 nitrogen and oxygen atoms in total. The number of nitrogens with one attached hydrogen (secondary N) is 1. The molecular formula is C12H17N3O4S. The SMILES string of the molecule is CN(c1cc(C(=O)O)cc(NCC2CC2)n1)S(C)(=O)=O. The maximum atomic E-state index is 11.5. The molecule has 0 aliphatic heterocycles. The predicted molar refractivity (Wildman–Crippen MR) is 75.7 cm³/mol. The number of sulfonamides is 1. The zero-order chi connectivity index (χ0) is 14.9. The minimum absolute atomic E-state index is 0.00352. The highest BCUT2D eigenvalue weighted by atomic mass is 32.2. The van der Waals surface area contributed by atoms with E-state index >= 15 is 0 Å². The van der Waals surface area contributed by atoms with Gasteiger partial charge in [0.1, 0.15) is 11.6 Å². The average Bonchev–Trinajstić information content (AvgIpc) is 3.18. The van der Waals surface area contributed by atoms with Crippen LogP contribution in [0.25, 0.3) is 0 Å². The number of aromatic nitrogens is 1. The first kappa shape index (κ1) is 14.6. The lowest BCUT2D eigenvalue weighted by atomic mass is 10.2. The minimum atomic E-state index is -3.48. The first-order valence-corrected chi connectivity index (χ1v) is 8.05. The number of nitrogens with zero attached hydrogens (tertiary/aromatic N) is 2. The van der Waals surface area contributed by atoms with E-state index in [0.717, 1.165) is 29.9 Å². The third kappa shape index (κ3) is 3.60. The van der Waals surface area contributed by atoms with E-state index in [2.05, 4.69) is 10.3 Å². The highest BCUT2D eigenvalue weighted by Gasteiger charge is 2.22. The fourth-order valence-electron chi connectivity index (χ4n) is 1.63. The van der Waals surface area contributed by atoms with Gasteiger partial charge >= 0.3 is 5.97 Å². The van der Waals surface area contributed by atoms with Gasteiger partial charge in [0, 0.05) is 13.6 Å². The lowest BCUT2D eigenvalue weighted by molar-refractivity contribution is 0.0697. The Morgan fingerprint density at radius 1 is 1.50 bits per heavy atom. The molecule has 20 heavy (non-hydrogen) atoms. The van der Waals surface area contributed by atoms with Crippen LogP contribution >= 0.6 is 0 Å². The molecule has 1 aromatic rings. The molecule has 0 radical (unpaired) electrons. The normalized spacial score (nSPS) is 14.9. The van der Waals surface area contributed by atoms with Crippen LogP contribution in [0.2, 0.25) is 0 Å². The summed E-state index contributed by atoms with van der Waals surface area (Å²) in [5.74, 6) is -0.0561. The molecule has 1 aromatic heterocycles. The molecule has 0 bridgehead atoms. The van der Waals surface area contributed by atoms with Gasteiger partial charge < -0.3 is 10.4 Å². The second-order valence-electron chi connectivity index (χ2n) is 4.96. The highest BCUT2D eigenvalue weighted by Crippen LogP contribution is 2.29. The van der Waals surface area contributed by atoms with Gasteiger partial charge in [0.25, 0.3) is 0 Å². The molecule has 1 aliphatic carbocycles. The molecular weight excluding hydrogens is 282 g/mol. The second-order valence-corrected chi connectivity index (χ2v) is 6.97. The van der Waals surface area contributed by atoms with E-state index < -0.39 is 16.0 Å². The Bertz CT molecular complexity index is 626. The van der Waals surface area contributed by atoms with Crippen molar-refractivity contribution in [2.24, 2.45) is 5.92 Å². The van der Waals surface area contributed by atoms with Crippen LogP contribution in [0.1, 0.15) is 23.2 Å². The van der Waals surface area contributed by atoms with E-state index in [4.69, 9.17) is 5.11 Å². The molecule has 0 aromatic carbocycles. The number of carboxylic acids is 1. The molecule has 1 heterocycles. The van der Waals surface area contributed by atoms with Crippen molar-refractivity contribution >= 4 is 27.6 Å². The molecule has 0 amide bonds. The quantitative estimate of drug-likeness (QED) is 0.813. The standard InChI is InChI=1S/C12H17N3O4S/c1-15(20(2,18)19)11-6-9(12(16)17)5-10(14-11)13-7-8-3-4-8/h5-6,8H,3-4,7H2,1-2H3,(H,13,14)(H,16,17). The van der Waals surface area contributed by atoms with Crippen molar-refractivity contribution in [1.82, 2.24) is 4.98 Å². The Hall–Kier alpha value is -1.83. The van der Waals surface area contributed by atoms with Crippen LogP contribution in [0, 0.1) is 5.92 Å². The van der Waals surface area contributed by atoms with Crippen LogP contribution < -0.4 is 9.62 Å². The number of pyridine rings is 1. The summed E-state index contributed by atoms with van der Waals surface area (Å²) in [7, 11) is -2.14. The minimum Gasteiger partial charge on any atom is -0.478 e. The first-order chi connectivity index (χ1) is 9.27. The monoisotopic (exact) mass is 299 g/mol. The van der Waals surface area contributed by atoms with Crippen molar-refractivity contribution in [2.45, 2.75) is 12.8 Å². The van der Waals surface area contributed by atoms with Crippen LogP contribution in [-0.2, 0) is 10.0 Å². The summed E-state index contributed by atoms with van der Waals surface area (Å²) in [6, 6.07) is 2.65. The summed E-state index contributed by atoms with van der Waals surface area (Å²) >= 11 is 0. The van der Waals surface area contributed by atoms with E-state index in [0.29, 0.717) is 11.7 Å². The van der Waals surface area contributed by atoms with Crippen LogP contribution in [0.5, 0.6) is 0 Å². The Kier molecular flexibility index (Phi) is 3.85. The van der Waals surface area contributed by atoms with Gasteiger partial charge in [0.15, 0.2) is 0 Å². The van der Waals surface area contributed by atoms with Gasteiger partial charge in [-0.2, -0.15) is 0 Å². The van der Waals surface area contributed by atoms with E-state index in [1.54, 1.807) is 0 Å². The molecule has 0 saturated heterocycles. The third-order valence-electron chi connectivity index (χ3n) is 3.15. The lowest BCUT2D eigenvalue weighted by Crippen LogP contribution is -2.26. The smallest absolute Gasteiger partial charge is 0.335 e. The van der Waals surface area contributed by atoms with Crippen LogP contribution in [-0.4, -0.2) is 44.3 Å². The molecule has 0 spiro atoms. The zero-order valence-corrected chi connectivity index (χ0v) is 12.1. The summed E-state index contributed by atoms with van der Waals surface area (Å²) in [4.78, 5) is 15.3. The van der Waals surface area contributed by atoms with Crippen LogP contribution in [0.4, 0.5) is 11.6 Å². The zero-order valence-electron chi connectivity index (χ0n) is 11.3. The summed E-state index contributed by atoms with van der Waals surface area (Å²) in [5.41, 5.74) is 0.00352. The molecule has 2 N–H and O–H groups in total. The van der Waals surface area contributed by atoms with Crippen molar-refractivity contribution in [3.63, 3.8) is 0 Å². The molecule has 1 saturated carbocycles. The molecule has 2 rings (SSSR count). The molecule has 8 heteroatoms. The van der Waals surface area contributed by atoms with Gasteiger partial charge in [-0.15, -0.1) is 0 Å². The lowest BCUT2D eigenvalue weighted by Gasteiger charge is -2.17. The van der Waals surface area contributed by atoms with Gasteiger partial charge in [0.2, 0.25) is 10.0 Å².